The van der Waals surface area contributed by atoms with Crippen molar-refractivity contribution >= 4 is 29.1 Å². The Kier molecular flexibility index (Phi) is 7.50. The fourth-order valence-electron chi connectivity index (χ4n) is 3.33. The number of carbonyl (C=O) groups is 1. The normalized spacial score (nSPS) is 11.0. The molecule has 8 heteroatoms. The molecule has 0 spiro atoms. The van der Waals surface area contributed by atoms with E-state index < -0.39 is 0 Å². The van der Waals surface area contributed by atoms with Crippen molar-refractivity contribution in [1.29, 1.82) is 0 Å². The molecule has 0 unspecified atom stereocenters. The summed E-state index contributed by atoms with van der Waals surface area (Å²) in [5.41, 5.74) is 2.16. The van der Waals surface area contributed by atoms with Crippen molar-refractivity contribution in [2.75, 3.05) is 0 Å². The van der Waals surface area contributed by atoms with Crippen LogP contribution in [0.1, 0.15) is 35.7 Å². The van der Waals surface area contributed by atoms with E-state index in [1.165, 1.54) is 0 Å². The van der Waals surface area contributed by atoms with Gasteiger partial charge in [-0.3, -0.25) is 4.79 Å². The molecule has 0 N–H and O–H groups in total. The molecule has 6 nitrogen and oxygen atoms in total. The SMILES string of the molecule is CC(C)N(Cc1nc(-c2ccc(Cl)cc2)no1)C(=O)c1cccc(OCc2ccccc2Cl)c1. The van der Waals surface area contributed by atoms with E-state index in [0.717, 1.165) is 11.1 Å². The maximum absolute atomic E-state index is 13.3. The third kappa shape index (κ3) is 5.76. The molecule has 0 atom stereocenters. The molecule has 0 radical (unpaired) electrons. The van der Waals surface area contributed by atoms with Gasteiger partial charge in [-0.15, -0.1) is 0 Å². The summed E-state index contributed by atoms with van der Waals surface area (Å²) in [4.78, 5) is 19.4. The van der Waals surface area contributed by atoms with Gasteiger partial charge < -0.3 is 14.2 Å². The number of nitrogens with zero attached hydrogens (tertiary/aromatic N) is 3. The molecule has 1 aromatic heterocycles. The summed E-state index contributed by atoms with van der Waals surface area (Å²) in [5.74, 6) is 1.21. The van der Waals surface area contributed by atoms with Crippen molar-refractivity contribution in [2.24, 2.45) is 0 Å². The van der Waals surface area contributed by atoms with Crippen LogP contribution in [0.2, 0.25) is 10.0 Å². The molecule has 0 saturated carbocycles. The Morgan fingerprint density at radius 3 is 2.53 bits per heavy atom. The number of amides is 1. The largest absolute Gasteiger partial charge is 0.489 e. The van der Waals surface area contributed by atoms with Crippen LogP contribution in [-0.4, -0.2) is 27.0 Å². The first-order valence-electron chi connectivity index (χ1n) is 10.8. The van der Waals surface area contributed by atoms with Crippen LogP contribution in [0.3, 0.4) is 0 Å². The standard InChI is InChI=1S/C26H23Cl2N3O3/c1-17(2)31(15-24-29-25(30-34-24)18-10-12-21(27)13-11-18)26(32)19-7-5-8-22(14-19)33-16-20-6-3-4-9-23(20)28/h3-14,17H,15-16H2,1-2H3. The smallest absolute Gasteiger partial charge is 0.254 e. The van der Waals surface area contributed by atoms with Gasteiger partial charge in [0.15, 0.2) is 0 Å². The van der Waals surface area contributed by atoms with E-state index in [2.05, 4.69) is 10.1 Å². The summed E-state index contributed by atoms with van der Waals surface area (Å²) in [7, 11) is 0. The van der Waals surface area contributed by atoms with Crippen molar-refractivity contribution in [3.05, 3.63) is 99.9 Å². The predicted octanol–water partition coefficient (Wildman–Crippen LogP) is 6.67. The molecule has 174 valence electrons. The molecule has 0 aliphatic heterocycles. The first kappa shape index (κ1) is 23.8. The molecule has 4 rings (SSSR count). The lowest BCUT2D eigenvalue weighted by molar-refractivity contribution is 0.0667. The fourth-order valence-corrected chi connectivity index (χ4v) is 3.65. The molecule has 0 aliphatic rings. The Labute approximate surface area is 208 Å². The van der Waals surface area contributed by atoms with Crippen LogP contribution in [0.5, 0.6) is 5.75 Å². The highest BCUT2D eigenvalue weighted by Gasteiger charge is 2.22. The molecule has 1 heterocycles. The van der Waals surface area contributed by atoms with Crippen molar-refractivity contribution in [3.63, 3.8) is 0 Å². The Hall–Kier alpha value is -3.35. The quantitative estimate of drug-likeness (QED) is 0.272. The number of benzene rings is 3. The molecule has 0 aliphatic carbocycles. The zero-order valence-corrected chi connectivity index (χ0v) is 20.3. The van der Waals surface area contributed by atoms with Crippen LogP contribution < -0.4 is 4.74 Å². The molecule has 0 bridgehead atoms. The summed E-state index contributed by atoms with van der Waals surface area (Å²) >= 11 is 12.2. The maximum atomic E-state index is 13.3. The zero-order valence-electron chi connectivity index (χ0n) is 18.7. The minimum Gasteiger partial charge on any atom is -0.489 e. The first-order chi connectivity index (χ1) is 16.4. The van der Waals surface area contributed by atoms with Gasteiger partial charge in [-0.2, -0.15) is 4.98 Å². The van der Waals surface area contributed by atoms with Gasteiger partial charge in [0.25, 0.3) is 5.91 Å². The molecule has 1 amide bonds. The molecular formula is C26H23Cl2N3O3. The van der Waals surface area contributed by atoms with Gasteiger partial charge in [0.1, 0.15) is 18.9 Å². The van der Waals surface area contributed by atoms with Crippen molar-refractivity contribution in [2.45, 2.75) is 33.0 Å². The van der Waals surface area contributed by atoms with Crippen molar-refractivity contribution in [1.82, 2.24) is 15.0 Å². The summed E-state index contributed by atoms with van der Waals surface area (Å²) in [5, 5.41) is 5.30. The second kappa shape index (κ2) is 10.7. The topological polar surface area (TPSA) is 68.5 Å². The summed E-state index contributed by atoms with van der Waals surface area (Å²) in [6.07, 6.45) is 0. The minimum absolute atomic E-state index is 0.0916. The third-order valence-electron chi connectivity index (χ3n) is 5.19. The fraction of sp³-hybridized carbons (Fsp3) is 0.192. The lowest BCUT2D eigenvalue weighted by atomic mass is 10.1. The highest BCUT2D eigenvalue weighted by molar-refractivity contribution is 6.31. The van der Waals surface area contributed by atoms with Gasteiger partial charge in [0.2, 0.25) is 11.7 Å². The van der Waals surface area contributed by atoms with E-state index in [0.29, 0.717) is 39.7 Å². The van der Waals surface area contributed by atoms with Gasteiger partial charge >= 0.3 is 0 Å². The number of aromatic nitrogens is 2. The molecule has 0 fully saturated rings. The predicted molar refractivity (Wildman–Crippen MR) is 132 cm³/mol. The molecular weight excluding hydrogens is 473 g/mol. The van der Waals surface area contributed by atoms with Gasteiger partial charge in [-0.05, 0) is 62.4 Å². The molecule has 0 saturated heterocycles. The Morgan fingerprint density at radius 2 is 1.79 bits per heavy atom. The van der Waals surface area contributed by atoms with Crippen LogP contribution in [0, 0.1) is 0 Å². The minimum atomic E-state index is -0.163. The molecule has 4 aromatic rings. The van der Waals surface area contributed by atoms with E-state index in [4.69, 9.17) is 32.5 Å². The van der Waals surface area contributed by atoms with Crippen LogP contribution in [0.4, 0.5) is 0 Å². The van der Waals surface area contributed by atoms with Crippen LogP contribution in [-0.2, 0) is 13.2 Å². The van der Waals surface area contributed by atoms with E-state index in [-0.39, 0.29) is 18.5 Å². The molecule has 3 aromatic carbocycles. The lowest BCUT2D eigenvalue weighted by Crippen LogP contribution is -2.36. The lowest BCUT2D eigenvalue weighted by Gasteiger charge is -2.25. The zero-order chi connectivity index (χ0) is 24.1. The maximum Gasteiger partial charge on any atom is 0.254 e. The number of halogens is 2. The van der Waals surface area contributed by atoms with Crippen molar-refractivity contribution < 1.29 is 14.1 Å². The van der Waals surface area contributed by atoms with Crippen LogP contribution in [0.15, 0.2) is 77.3 Å². The van der Waals surface area contributed by atoms with E-state index in [1.54, 1.807) is 35.2 Å². The Balaban J connectivity index is 1.47. The second-order valence-corrected chi connectivity index (χ2v) is 8.80. The van der Waals surface area contributed by atoms with Crippen LogP contribution >= 0.6 is 23.2 Å². The highest BCUT2D eigenvalue weighted by atomic mass is 35.5. The average molecular weight is 496 g/mol. The van der Waals surface area contributed by atoms with E-state index >= 15 is 0 Å². The van der Waals surface area contributed by atoms with Gasteiger partial charge in [0.05, 0.1) is 0 Å². The number of ether oxygens (including phenoxy) is 1. The Morgan fingerprint density at radius 1 is 1.03 bits per heavy atom. The average Bonchev–Trinajstić information content (AvgIpc) is 3.31. The van der Waals surface area contributed by atoms with Crippen molar-refractivity contribution in [3.8, 4) is 17.1 Å². The monoisotopic (exact) mass is 495 g/mol. The number of rotatable bonds is 8. The van der Waals surface area contributed by atoms with Gasteiger partial charge in [0, 0.05) is 32.8 Å². The summed E-state index contributed by atoms with van der Waals surface area (Å²) < 4.78 is 11.3. The molecule has 34 heavy (non-hydrogen) atoms. The Bertz CT molecular complexity index is 1270. The number of hydrogen-bond acceptors (Lipinski definition) is 5. The number of hydrogen-bond donors (Lipinski definition) is 0. The highest BCUT2D eigenvalue weighted by Crippen LogP contribution is 2.22. The summed E-state index contributed by atoms with van der Waals surface area (Å²) in [6, 6.07) is 21.6. The first-order valence-corrected chi connectivity index (χ1v) is 11.5. The van der Waals surface area contributed by atoms with Gasteiger partial charge in [-0.25, -0.2) is 0 Å². The van der Waals surface area contributed by atoms with Crippen LogP contribution in [0.25, 0.3) is 11.4 Å². The third-order valence-corrected chi connectivity index (χ3v) is 5.81. The van der Waals surface area contributed by atoms with E-state index in [1.807, 2.05) is 56.3 Å². The summed E-state index contributed by atoms with van der Waals surface area (Å²) in [6.45, 7) is 4.36. The number of carbonyl (C=O) groups excluding carboxylic acids is 1. The van der Waals surface area contributed by atoms with E-state index in [9.17, 15) is 4.79 Å². The second-order valence-electron chi connectivity index (χ2n) is 7.95. The van der Waals surface area contributed by atoms with Gasteiger partial charge in [-0.1, -0.05) is 52.6 Å².